The second-order valence-corrected chi connectivity index (χ2v) is 3.05. The zero-order valence-corrected chi connectivity index (χ0v) is 8.70. The summed E-state index contributed by atoms with van der Waals surface area (Å²) in [5.74, 6) is 4.96. The quantitative estimate of drug-likeness (QED) is 0.248. The number of nitrogens with zero attached hydrogens (tertiary/aromatic N) is 3. The minimum absolute atomic E-state index is 0.0686. The first-order valence-electron chi connectivity index (χ1n) is 4.71. The molecule has 1 aromatic carbocycles. The molecular weight excluding hydrogens is 231 g/mol. The van der Waals surface area contributed by atoms with E-state index in [1.807, 2.05) is 0 Å². The molecular formula is C11H8F3N3. The molecule has 0 aromatic heterocycles. The molecule has 0 N–H and O–H groups in total. The molecule has 0 saturated carbocycles. The standard InChI is InChI=1S/C11H8F3N3/c12-11(13,14)10-7-2-1-5-9(10)6-3-4-8-16-17-15/h1-2,5,7H,4,8H2. The number of azide groups is 1. The van der Waals surface area contributed by atoms with E-state index in [9.17, 15) is 13.2 Å². The van der Waals surface area contributed by atoms with Gasteiger partial charge in [0.05, 0.1) is 5.56 Å². The average Bonchev–Trinajstić information content (AvgIpc) is 2.28. The highest BCUT2D eigenvalue weighted by Gasteiger charge is 2.32. The molecule has 0 bridgehead atoms. The lowest BCUT2D eigenvalue weighted by atomic mass is 10.1. The molecule has 0 aliphatic rings. The summed E-state index contributed by atoms with van der Waals surface area (Å²) in [6, 6.07) is 5.10. The summed E-state index contributed by atoms with van der Waals surface area (Å²) < 4.78 is 37.6. The summed E-state index contributed by atoms with van der Waals surface area (Å²) in [4.78, 5) is 2.51. The molecule has 6 heteroatoms. The van der Waals surface area contributed by atoms with Crippen molar-refractivity contribution in [2.24, 2.45) is 5.11 Å². The number of hydrogen-bond donors (Lipinski definition) is 0. The summed E-state index contributed by atoms with van der Waals surface area (Å²) in [5.41, 5.74) is 7.17. The molecule has 0 spiro atoms. The molecule has 0 heterocycles. The topological polar surface area (TPSA) is 48.8 Å². The van der Waals surface area contributed by atoms with Gasteiger partial charge in [-0.15, -0.1) is 0 Å². The Morgan fingerprint density at radius 3 is 2.65 bits per heavy atom. The van der Waals surface area contributed by atoms with Crippen LogP contribution in [-0.2, 0) is 6.18 Å². The Labute approximate surface area is 95.9 Å². The van der Waals surface area contributed by atoms with E-state index in [0.29, 0.717) is 0 Å². The molecule has 3 nitrogen and oxygen atoms in total. The molecule has 0 fully saturated rings. The van der Waals surface area contributed by atoms with Crippen LogP contribution in [0.5, 0.6) is 0 Å². The van der Waals surface area contributed by atoms with Crippen LogP contribution in [0.2, 0.25) is 0 Å². The van der Waals surface area contributed by atoms with Crippen LogP contribution in [-0.4, -0.2) is 6.54 Å². The van der Waals surface area contributed by atoms with Gasteiger partial charge in [-0.3, -0.25) is 0 Å². The lowest BCUT2D eigenvalue weighted by molar-refractivity contribution is -0.137. The molecule has 1 rings (SSSR count). The van der Waals surface area contributed by atoms with Gasteiger partial charge in [0.1, 0.15) is 0 Å². The zero-order chi connectivity index (χ0) is 12.7. The van der Waals surface area contributed by atoms with Crippen molar-refractivity contribution in [3.63, 3.8) is 0 Å². The Hall–Kier alpha value is -2.12. The molecule has 17 heavy (non-hydrogen) atoms. The fourth-order valence-corrected chi connectivity index (χ4v) is 1.15. The van der Waals surface area contributed by atoms with Gasteiger partial charge in [-0.2, -0.15) is 13.2 Å². The van der Waals surface area contributed by atoms with Crippen molar-refractivity contribution < 1.29 is 13.2 Å². The smallest absolute Gasteiger partial charge is 0.166 e. The van der Waals surface area contributed by atoms with Crippen LogP contribution in [0.15, 0.2) is 29.4 Å². The fraction of sp³-hybridized carbons (Fsp3) is 0.273. The van der Waals surface area contributed by atoms with Gasteiger partial charge < -0.3 is 0 Å². The van der Waals surface area contributed by atoms with E-state index in [1.165, 1.54) is 18.2 Å². The predicted octanol–water partition coefficient (Wildman–Crippen LogP) is 3.76. The first-order valence-corrected chi connectivity index (χ1v) is 4.71. The maximum absolute atomic E-state index is 12.5. The summed E-state index contributed by atoms with van der Waals surface area (Å²) >= 11 is 0. The Balaban J connectivity index is 2.87. The summed E-state index contributed by atoms with van der Waals surface area (Å²) in [6.07, 6.45) is -4.17. The molecule has 0 amide bonds. The third-order valence-corrected chi connectivity index (χ3v) is 1.86. The van der Waals surface area contributed by atoms with E-state index >= 15 is 0 Å². The van der Waals surface area contributed by atoms with Crippen LogP contribution >= 0.6 is 0 Å². The lowest BCUT2D eigenvalue weighted by Gasteiger charge is -2.07. The molecule has 0 aliphatic carbocycles. The molecule has 88 valence electrons. The number of hydrogen-bond acceptors (Lipinski definition) is 1. The zero-order valence-electron chi connectivity index (χ0n) is 8.70. The third kappa shape index (κ3) is 4.09. The fourth-order valence-electron chi connectivity index (χ4n) is 1.15. The first kappa shape index (κ1) is 12.9. The molecule has 0 atom stereocenters. The molecule has 1 aromatic rings. The minimum Gasteiger partial charge on any atom is -0.166 e. The number of halogens is 3. The summed E-state index contributed by atoms with van der Waals surface area (Å²) in [5, 5.41) is 3.23. The van der Waals surface area contributed by atoms with Crippen molar-refractivity contribution in [3.8, 4) is 11.8 Å². The molecule has 0 unspecified atom stereocenters. The monoisotopic (exact) mass is 239 g/mol. The van der Waals surface area contributed by atoms with E-state index in [-0.39, 0.29) is 18.5 Å². The highest BCUT2D eigenvalue weighted by Crippen LogP contribution is 2.31. The maximum Gasteiger partial charge on any atom is 0.417 e. The predicted molar refractivity (Wildman–Crippen MR) is 57.0 cm³/mol. The van der Waals surface area contributed by atoms with Gasteiger partial charge in [-0.1, -0.05) is 29.1 Å². The molecule has 0 aliphatic heterocycles. The van der Waals surface area contributed by atoms with Gasteiger partial charge in [-0.25, -0.2) is 0 Å². The van der Waals surface area contributed by atoms with Gasteiger partial charge >= 0.3 is 6.18 Å². The summed E-state index contributed by atoms with van der Waals surface area (Å²) in [7, 11) is 0. The third-order valence-electron chi connectivity index (χ3n) is 1.86. The number of benzene rings is 1. The van der Waals surface area contributed by atoms with Gasteiger partial charge in [0.15, 0.2) is 0 Å². The van der Waals surface area contributed by atoms with Crippen LogP contribution in [0, 0.1) is 11.8 Å². The van der Waals surface area contributed by atoms with E-state index in [0.717, 1.165) is 6.07 Å². The Morgan fingerprint density at radius 2 is 2.00 bits per heavy atom. The van der Waals surface area contributed by atoms with E-state index in [1.54, 1.807) is 0 Å². The van der Waals surface area contributed by atoms with E-state index in [4.69, 9.17) is 5.53 Å². The maximum atomic E-state index is 12.5. The highest BCUT2D eigenvalue weighted by atomic mass is 19.4. The molecule has 0 radical (unpaired) electrons. The Bertz CT molecular complexity index is 491. The van der Waals surface area contributed by atoms with Gasteiger partial charge in [0.2, 0.25) is 0 Å². The second-order valence-electron chi connectivity index (χ2n) is 3.05. The van der Waals surface area contributed by atoms with Crippen molar-refractivity contribution in [3.05, 3.63) is 45.8 Å². The van der Waals surface area contributed by atoms with Gasteiger partial charge in [0.25, 0.3) is 0 Å². The first-order chi connectivity index (χ1) is 8.05. The largest absolute Gasteiger partial charge is 0.417 e. The van der Waals surface area contributed by atoms with Crippen molar-refractivity contribution in [1.82, 2.24) is 0 Å². The van der Waals surface area contributed by atoms with E-state index < -0.39 is 11.7 Å². The van der Waals surface area contributed by atoms with Gasteiger partial charge in [0, 0.05) is 23.4 Å². The summed E-state index contributed by atoms with van der Waals surface area (Å²) in [6.45, 7) is 0.150. The molecule has 0 saturated heterocycles. The van der Waals surface area contributed by atoms with Crippen molar-refractivity contribution in [1.29, 1.82) is 0 Å². The number of rotatable bonds is 2. The lowest BCUT2D eigenvalue weighted by Crippen LogP contribution is -2.07. The van der Waals surface area contributed by atoms with Gasteiger partial charge in [-0.05, 0) is 17.7 Å². The number of alkyl halides is 3. The SMILES string of the molecule is [N-]=[N+]=NCCC#Cc1ccccc1C(F)(F)F. The Kier molecular flexibility index (Phi) is 4.44. The minimum atomic E-state index is -4.41. The van der Waals surface area contributed by atoms with Crippen molar-refractivity contribution >= 4 is 0 Å². The van der Waals surface area contributed by atoms with Crippen molar-refractivity contribution in [2.45, 2.75) is 12.6 Å². The van der Waals surface area contributed by atoms with Crippen LogP contribution < -0.4 is 0 Å². The van der Waals surface area contributed by atoms with Crippen LogP contribution in [0.1, 0.15) is 17.5 Å². The highest BCUT2D eigenvalue weighted by molar-refractivity contribution is 5.42. The van der Waals surface area contributed by atoms with Crippen molar-refractivity contribution in [2.75, 3.05) is 6.54 Å². The normalized spacial score (nSPS) is 10.1. The van der Waals surface area contributed by atoms with Crippen LogP contribution in [0.3, 0.4) is 0 Å². The van der Waals surface area contributed by atoms with Crippen LogP contribution in [0.25, 0.3) is 10.4 Å². The average molecular weight is 239 g/mol. The van der Waals surface area contributed by atoms with Crippen LogP contribution in [0.4, 0.5) is 13.2 Å². The second kappa shape index (κ2) is 5.83. The van der Waals surface area contributed by atoms with E-state index in [2.05, 4.69) is 21.9 Å². The Morgan fingerprint density at radius 1 is 1.29 bits per heavy atom.